The van der Waals surface area contributed by atoms with Crippen LogP contribution in [-0.2, 0) is 15.5 Å². The Morgan fingerprint density at radius 3 is 1.98 bits per heavy atom. The molecule has 0 radical (unpaired) electrons. The van der Waals surface area contributed by atoms with Gasteiger partial charge in [-0.15, -0.1) is 10.0 Å². The molecule has 10 heteroatoms. The number of carbonyl (C=O) groups is 2. The topological polar surface area (TPSA) is 122 Å². The van der Waals surface area contributed by atoms with Gasteiger partial charge in [-0.2, -0.15) is 8.42 Å². The maximum Gasteiger partial charge on any atom is 0.273 e. The highest BCUT2D eigenvalue weighted by atomic mass is 32.3. The van der Waals surface area contributed by atoms with Gasteiger partial charge in [-0.3, -0.25) is 14.1 Å². The van der Waals surface area contributed by atoms with E-state index in [2.05, 4.69) is 43.5 Å². The zero-order valence-corrected chi connectivity index (χ0v) is 27.6. The van der Waals surface area contributed by atoms with E-state index < -0.39 is 31.8 Å². The fourth-order valence-electron chi connectivity index (χ4n) is 5.27. The number of hydrogen-bond donors (Lipinski definition) is 3. The lowest BCUT2D eigenvalue weighted by molar-refractivity contribution is 0.0956. The Bertz CT molecular complexity index is 1530. The van der Waals surface area contributed by atoms with Crippen molar-refractivity contribution in [2.75, 3.05) is 30.5 Å². The summed E-state index contributed by atoms with van der Waals surface area (Å²) in [5.74, 6) is 0.344. The number of rotatable bonds is 10. The highest BCUT2D eigenvalue weighted by Gasteiger charge is 2.32. The molecule has 1 saturated carbocycles. The van der Waals surface area contributed by atoms with Crippen LogP contribution in [0.15, 0.2) is 82.6 Å². The summed E-state index contributed by atoms with van der Waals surface area (Å²) in [6.45, 7) is 6.93. The van der Waals surface area contributed by atoms with Crippen molar-refractivity contribution >= 4 is 37.0 Å². The van der Waals surface area contributed by atoms with Gasteiger partial charge in [0, 0.05) is 27.6 Å². The van der Waals surface area contributed by atoms with Gasteiger partial charge in [0.05, 0.1) is 12.4 Å². The third-order valence-corrected chi connectivity index (χ3v) is 12.1. The molecular formula is C34H44N2O6S2. The molecule has 1 aliphatic carbocycles. The van der Waals surface area contributed by atoms with Crippen LogP contribution in [-0.4, -0.2) is 49.3 Å². The SMILES string of the molecule is CC(C)(C)c1ccc(S(C)(C(=O)Nc2ccc(OCC3CCCCC3)cc2)c2ccc(C(=O)NCCS(=O)(=O)O)cc2)cc1. The highest BCUT2D eigenvalue weighted by molar-refractivity contribution is 8.45. The zero-order valence-electron chi connectivity index (χ0n) is 26.0. The van der Waals surface area contributed by atoms with E-state index in [0.717, 1.165) is 21.1 Å². The molecule has 0 aromatic heterocycles. The minimum Gasteiger partial charge on any atom is -0.493 e. The Morgan fingerprint density at radius 2 is 1.43 bits per heavy atom. The average molecular weight is 641 g/mol. The molecule has 3 aromatic rings. The van der Waals surface area contributed by atoms with Crippen LogP contribution in [0, 0.1) is 5.92 Å². The van der Waals surface area contributed by atoms with E-state index in [1.807, 2.05) is 42.7 Å². The van der Waals surface area contributed by atoms with Crippen molar-refractivity contribution in [3.63, 3.8) is 0 Å². The first-order valence-electron chi connectivity index (χ1n) is 15.0. The molecule has 1 aliphatic rings. The molecule has 3 aromatic carbocycles. The Labute approximate surface area is 263 Å². The van der Waals surface area contributed by atoms with Crippen molar-refractivity contribution in [2.45, 2.75) is 68.1 Å². The van der Waals surface area contributed by atoms with Gasteiger partial charge in [-0.25, -0.2) is 0 Å². The fourth-order valence-corrected chi connectivity index (χ4v) is 8.02. The summed E-state index contributed by atoms with van der Waals surface area (Å²) in [5.41, 5.74) is 2.10. The van der Waals surface area contributed by atoms with E-state index in [1.165, 1.54) is 32.1 Å². The molecule has 44 heavy (non-hydrogen) atoms. The predicted octanol–water partition coefficient (Wildman–Crippen LogP) is 7.65. The second-order valence-corrected chi connectivity index (χ2v) is 17.2. The first-order valence-corrected chi connectivity index (χ1v) is 18.7. The van der Waals surface area contributed by atoms with Crippen LogP contribution < -0.4 is 15.4 Å². The van der Waals surface area contributed by atoms with E-state index in [-0.39, 0.29) is 17.2 Å². The molecule has 1 fully saturated rings. The summed E-state index contributed by atoms with van der Waals surface area (Å²) in [6, 6.07) is 22.4. The number of nitrogens with one attached hydrogen (secondary N) is 2. The minimum absolute atomic E-state index is 0.0440. The predicted molar refractivity (Wildman–Crippen MR) is 178 cm³/mol. The third kappa shape index (κ3) is 8.86. The molecule has 2 amide bonds. The number of hydrogen-bond acceptors (Lipinski definition) is 5. The van der Waals surface area contributed by atoms with Crippen LogP contribution >= 0.6 is 10.0 Å². The van der Waals surface area contributed by atoms with Gasteiger partial charge >= 0.3 is 0 Å². The van der Waals surface area contributed by atoms with E-state index >= 15 is 0 Å². The van der Waals surface area contributed by atoms with Crippen LogP contribution in [0.5, 0.6) is 5.75 Å². The number of anilines is 1. The van der Waals surface area contributed by atoms with E-state index in [9.17, 15) is 18.0 Å². The van der Waals surface area contributed by atoms with Crippen LogP contribution in [0.25, 0.3) is 0 Å². The molecule has 0 heterocycles. The first-order chi connectivity index (χ1) is 20.8. The summed E-state index contributed by atoms with van der Waals surface area (Å²) < 4.78 is 36.9. The Kier molecular flexibility index (Phi) is 10.8. The van der Waals surface area contributed by atoms with Crippen molar-refractivity contribution in [3.8, 4) is 5.75 Å². The number of benzene rings is 3. The Morgan fingerprint density at radius 1 is 0.864 bits per heavy atom. The number of ether oxygens (including phenoxy) is 1. The second kappa shape index (κ2) is 14.2. The van der Waals surface area contributed by atoms with Crippen molar-refractivity contribution in [1.29, 1.82) is 0 Å². The summed E-state index contributed by atoms with van der Waals surface area (Å²) in [5, 5.41) is 5.46. The van der Waals surface area contributed by atoms with Gasteiger partial charge < -0.3 is 15.4 Å². The molecule has 0 aliphatic heterocycles. The van der Waals surface area contributed by atoms with Crippen molar-refractivity contribution in [2.24, 2.45) is 5.92 Å². The van der Waals surface area contributed by atoms with Crippen molar-refractivity contribution in [1.82, 2.24) is 5.32 Å². The van der Waals surface area contributed by atoms with Gasteiger partial charge in [0.1, 0.15) is 5.75 Å². The normalized spacial score (nSPS) is 16.4. The number of amides is 2. The molecular weight excluding hydrogens is 597 g/mol. The molecule has 1 atom stereocenters. The van der Waals surface area contributed by atoms with Crippen LogP contribution in [0.3, 0.4) is 0 Å². The molecule has 8 nitrogen and oxygen atoms in total. The first kappa shape index (κ1) is 33.6. The lowest BCUT2D eigenvalue weighted by Gasteiger charge is -2.35. The fraction of sp³-hybridized carbons (Fsp3) is 0.412. The van der Waals surface area contributed by atoms with Crippen LogP contribution in [0.2, 0.25) is 0 Å². The van der Waals surface area contributed by atoms with Crippen LogP contribution in [0.1, 0.15) is 68.8 Å². The number of carbonyl (C=O) groups excluding carboxylic acids is 2. The van der Waals surface area contributed by atoms with Gasteiger partial charge in [-0.05, 0) is 96.7 Å². The molecule has 0 spiro atoms. The maximum absolute atomic E-state index is 14.1. The zero-order chi connectivity index (χ0) is 32.0. The molecule has 238 valence electrons. The summed E-state index contributed by atoms with van der Waals surface area (Å²) in [6.07, 6.45) is 8.22. The summed E-state index contributed by atoms with van der Waals surface area (Å²) in [4.78, 5) is 28.3. The molecule has 0 saturated heterocycles. The maximum atomic E-state index is 14.1. The van der Waals surface area contributed by atoms with Gasteiger partial charge in [0.2, 0.25) is 0 Å². The lowest BCUT2D eigenvalue weighted by atomic mass is 9.87. The van der Waals surface area contributed by atoms with Gasteiger partial charge in [0.15, 0.2) is 0 Å². The Balaban J connectivity index is 1.55. The quantitative estimate of drug-likeness (QED) is 0.196. The summed E-state index contributed by atoms with van der Waals surface area (Å²) in [7, 11) is -6.45. The third-order valence-electron chi connectivity index (χ3n) is 8.11. The van der Waals surface area contributed by atoms with E-state index in [4.69, 9.17) is 9.29 Å². The Hall–Kier alpha value is -3.34. The second-order valence-electron chi connectivity index (χ2n) is 12.5. The summed E-state index contributed by atoms with van der Waals surface area (Å²) >= 11 is 0. The minimum atomic E-state index is -4.18. The van der Waals surface area contributed by atoms with E-state index in [0.29, 0.717) is 23.8 Å². The van der Waals surface area contributed by atoms with Gasteiger partial charge in [-0.1, -0.05) is 52.2 Å². The van der Waals surface area contributed by atoms with Gasteiger partial charge in [0.25, 0.3) is 21.3 Å². The molecule has 4 rings (SSSR count). The smallest absolute Gasteiger partial charge is 0.273 e. The molecule has 0 bridgehead atoms. The monoisotopic (exact) mass is 640 g/mol. The molecule has 1 unspecified atom stereocenters. The molecule has 3 N–H and O–H groups in total. The van der Waals surface area contributed by atoms with Crippen molar-refractivity contribution in [3.05, 3.63) is 83.9 Å². The average Bonchev–Trinajstić information content (AvgIpc) is 3.00. The van der Waals surface area contributed by atoms with Crippen LogP contribution in [0.4, 0.5) is 10.5 Å². The highest BCUT2D eigenvalue weighted by Crippen LogP contribution is 2.60. The lowest BCUT2D eigenvalue weighted by Crippen LogP contribution is -2.28. The van der Waals surface area contributed by atoms with E-state index in [1.54, 1.807) is 24.3 Å². The largest absolute Gasteiger partial charge is 0.493 e. The van der Waals surface area contributed by atoms with Crippen molar-refractivity contribution < 1.29 is 27.3 Å². The standard InChI is InChI=1S/C34H44N2O6S2/c1-34(2,3)27-12-20-31(21-13-27)43(4,30-18-10-26(11-19-30)32(37)35-22-23-44(39,40)41)33(38)36-28-14-16-29(17-15-28)42-24-25-8-6-5-7-9-25/h10-21,25H,5-9,22-24H2,1-4H3,(H,35,37)(H,36,38)(H,39,40,41).